The first-order valence-electron chi connectivity index (χ1n) is 7.14. The van der Waals surface area contributed by atoms with Gasteiger partial charge in [-0.15, -0.1) is 0 Å². The molecule has 1 heterocycles. The molecule has 1 amide bonds. The van der Waals surface area contributed by atoms with E-state index >= 15 is 0 Å². The lowest BCUT2D eigenvalue weighted by atomic mass is 9.62. The number of fused-ring (bicyclic) bond motifs is 2. The smallest absolute Gasteiger partial charge is 0.307 e. The molecule has 0 spiro atoms. The summed E-state index contributed by atoms with van der Waals surface area (Å²) in [6.07, 6.45) is 5.65. The Morgan fingerprint density at radius 3 is 2.33 bits per heavy atom. The van der Waals surface area contributed by atoms with Crippen LogP contribution in [0.25, 0.3) is 0 Å². The van der Waals surface area contributed by atoms with Crippen LogP contribution in [0.15, 0.2) is 16.7 Å². The van der Waals surface area contributed by atoms with Gasteiger partial charge in [0.2, 0.25) is 5.91 Å². The molecule has 3 aliphatic carbocycles. The van der Waals surface area contributed by atoms with Gasteiger partial charge >= 0.3 is 5.97 Å². The molecular weight excluding hydrogens is 272 g/mol. The second-order valence-corrected chi connectivity index (χ2v) is 5.87. The van der Waals surface area contributed by atoms with Crippen molar-refractivity contribution in [1.82, 2.24) is 5.16 Å². The Balaban J connectivity index is 1.86. The van der Waals surface area contributed by atoms with Crippen molar-refractivity contribution in [2.75, 3.05) is 5.32 Å². The fourth-order valence-electron chi connectivity index (χ4n) is 3.56. The zero-order valence-electron chi connectivity index (χ0n) is 12.0. The number of amides is 1. The molecule has 2 unspecified atom stereocenters. The predicted molar refractivity (Wildman–Crippen MR) is 74.6 cm³/mol. The van der Waals surface area contributed by atoms with Crippen molar-refractivity contribution in [2.45, 2.75) is 26.7 Å². The molecule has 2 N–H and O–H groups in total. The Labute approximate surface area is 122 Å². The van der Waals surface area contributed by atoms with E-state index in [0.717, 1.165) is 12.8 Å². The number of hydrogen-bond acceptors (Lipinski definition) is 4. The third kappa shape index (κ3) is 2.24. The highest BCUT2D eigenvalue weighted by atomic mass is 16.5. The van der Waals surface area contributed by atoms with Crippen molar-refractivity contribution in [3.8, 4) is 0 Å². The molecule has 6 heteroatoms. The van der Waals surface area contributed by atoms with Gasteiger partial charge in [-0.1, -0.05) is 17.3 Å². The topological polar surface area (TPSA) is 92.4 Å². The van der Waals surface area contributed by atoms with Gasteiger partial charge in [0.15, 0.2) is 5.76 Å². The van der Waals surface area contributed by atoms with Crippen LogP contribution < -0.4 is 5.32 Å². The van der Waals surface area contributed by atoms with E-state index in [1.807, 2.05) is 12.2 Å². The maximum absolute atomic E-state index is 12.6. The van der Waals surface area contributed by atoms with Gasteiger partial charge in [0.25, 0.3) is 0 Å². The molecule has 4 rings (SSSR count). The summed E-state index contributed by atoms with van der Waals surface area (Å²) in [7, 11) is 0. The molecule has 1 fully saturated rings. The van der Waals surface area contributed by atoms with Gasteiger partial charge in [0.05, 0.1) is 11.8 Å². The quantitative estimate of drug-likeness (QED) is 0.832. The third-order valence-corrected chi connectivity index (χ3v) is 4.62. The summed E-state index contributed by atoms with van der Waals surface area (Å²) in [5.41, 5.74) is 1.15. The lowest BCUT2D eigenvalue weighted by Gasteiger charge is -2.41. The second kappa shape index (κ2) is 5.02. The van der Waals surface area contributed by atoms with Gasteiger partial charge in [0, 0.05) is 0 Å². The maximum atomic E-state index is 12.6. The van der Waals surface area contributed by atoms with E-state index in [-0.39, 0.29) is 17.7 Å². The van der Waals surface area contributed by atoms with E-state index in [2.05, 4.69) is 10.5 Å². The summed E-state index contributed by atoms with van der Waals surface area (Å²) in [4.78, 5) is 24.1. The van der Waals surface area contributed by atoms with Crippen LogP contribution in [0.2, 0.25) is 0 Å². The zero-order valence-corrected chi connectivity index (χ0v) is 12.0. The summed E-state index contributed by atoms with van der Waals surface area (Å²) in [6, 6.07) is 0. The fraction of sp³-hybridized carbons (Fsp3) is 0.533. The molecule has 1 aromatic heterocycles. The number of aryl methyl sites for hydroxylation is 2. The number of carboxylic acid groups (broad SMARTS) is 1. The minimum Gasteiger partial charge on any atom is -0.481 e. The number of hydrogen-bond donors (Lipinski definition) is 2. The molecule has 0 radical (unpaired) electrons. The Morgan fingerprint density at radius 2 is 1.86 bits per heavy atom. The van der Waals surface area contributed by atoms with Crippen molar-refractivity contribution in [2.24, 2.45) is 23.7 Å². The van der Waals surface area contributed by atoms with Crippen molar-refractivity contribution in [3.63, 3.8) is 0 Å². The highest BCUT2D eigenvalue weighted by Gasteiger charge is 2.48. The van der Waals surface area contributed by atoms with Gasteiger partial charge in [-0.05, 0) is 38.5 Å². The number of carboxylic acids is 1. The van der Waals surface area contributed by atoms with E-state index in [9.17, 15) is 14.7 Å². The van der Waals surface area contributed by atoms with E-state index in [0.29, 0.717) is 17.1 Å². The number of nitrogens with zero attached hydrogens (tertiary/aromatic N) is 1. The Kier molecular flexibility index (Phi) is 3.31. The fourth-order valence-corrected chi connectivity index (χ4v) is 3.56. The summed E-state index contributed by atoms with van der Waals surface area (Å²) in [5.74, 6) is -1.84. The summed E-state index contributed by atoms with van der Waals surface area (Å²) in [6.45, 7) is 3.46. The van der Waals surface area contributed by atoms with Crippen molar-refractivity contribution in [3.05, 3.63) is 23.6 Å². The van der Waals surface area contributed by atoms with Crippen molar-refractivity contribution >= 4 is 17.6 Å². The van der Waals surface area contributed by atoms with Gasteiger partial charge in [0.1, 0.15) is 11.4 Å². The summed E-state index contributed by atoms with van der Waals surface area (Å²) in [5, 5.41) is 16.1. The predicted octanol–water partition coefficient (Wildman–Crippen LogP) is 2.14. The molecule has 112 valence electrons. The standard InChI is InChI=1S/C15H18N2O4/c1-7-13(8(2)21-17-7)16-14(18)11-9-3-5-10(6-4-9)12(11)15(19)20/h3,5,9-12H,4,6H2,1-2H3,(H,16,18)(H,19,20)/t9?,10?,11-,12+/m0/s1. The maximum Gasteiger partial charge on any atom is 0.307 e. The largest absolute Gasteiger partial charge is 0.481 e. The van der Waals surface area contributed by atoms with Crippen LogP contribution >= 0.6 is 0 Å². The number of rotatable bonds is 3. The van der Waals surface area contributed by atoms with Gasteiger partial charge in [-0.2, -0.15) is 0 Å². The molecule has 21 heavy (non-hydrogen) atoms. The SMILES string of the molecule is Cc1noc(C)c1NC(=O)[C@H]1C2C=CC(CC2)[C@H]1C(=O)O. The summed E-state index contributed by atoms with van der Waals surface area (Å²) < 4.78 is 5.02. The van der Waals surface area contributed by atoms with E-state index < -0.39 is 17.8 Å². The van der Waals surface area contributed by atoms with Crippen molar-refractivity contribution < 1.29 is 19.2 Å². The Morgan fingerprint density at radius 1 is 1.24 bits per heavy atom. The van der Waals surface area contributed by atoms with Crippen LogP contribution in [0.1, 0.15) is 24.3 Å². The monoisotopic (exact) mass is 290 g/mol. The summed E-state index contributed by atoms with van der Waals surface area (Å²) >= 11 is 0. The Bertz CT molecular complexity index is 600. The number of aliphatic carboxylic acids is 1. The second-order valence-electron chi connectivity index (χ2n) is 5.87. The average Bonchev–Trinajstić information content (AvgIpc) is 2.79. The van der Waals surface area contributed by atoms with Gasteiger partial charge in [-0.25, -0.2) is 0 Å². The average molecular weight is 290 g/mol. The van der Waals surface area contributed by atoms with Crippen LogP contribution in [0.3, 0.4) is 0 Å². The highest BCUT2D eigenvalue weighted by Crippen LogP contribution is 2.45. The number of allylic oxidation sites excluding steroid dienone is 2. The molecule has 2 bridgehead atoms. The van der Waals surface area contributed by atoms with E-state index in [1.54, 1.807) is 13.8 Å². The lowest BCUT2D eigenvalue weighted by molar-refractivity contribution is -0.151. The molecule has 0 aromatic carbocycles. The van der Waals surface area contributed by atoms with Gasteiger partial charge in [-0.3, -0.25) is 9.59 Å². The van der Waals surface area contributed by atoms with Crippen LogP contribution in [0.5, 0.6) is 0 Å². The number of carbonyl (C=O) groups excluding carboxylic acids is 1. The molecule has 3 aliphatic rings. The van der Waals surface area contributed by atoms with E-state index in [4.69, 9.17) is 4.52 Å². The highest BCUT2D eigenvalue weighted by molar-refractivity contribution is 5.96. The number of nitrogens with one attached hydrogen (secondary N) is 1. The molecule has 0 saturated heterocycles. The number of anilines is 1. The zero-order chi connectivity index (χ0) is 15.1. The molecular formula is C15H18N2O4. The minimum absolute atomic E-state index is 0.00317. The van der Waals surface area contributed by atoms with Crippen molar-refractivity contribution in [1.29, 1.82) is 0 Å². The first-order chi connectivity index (χ1) is 9.99. The van der Waals surface area contributed by atoms with Gasteiger partial charge < -0.3 is 14.9 Å². The molecule has 1 aromatic rings. The first kappa shape index (κ1) is 13.9. The number of aromatic nitrogens is 1. The molecule has 6 nitrogen and oxygen atoms in total. The normalized spacial score (nSPS) is 30.4. The first-order valence-corrected chi connectivity index (χ1v) is 7.14. The minimum atomic E-state index is -0.895. The molecule has 1 saturated carbocycles. The lowest BCUT2D eigenvalue weighted by Crippen LogP contribution is -2.47. The van der Waals surface area contributed by atoms with Crippen LogP contribution in [-0.4, -0.2) is 22.1 Å². The van der Waals surface area contributed by atoms with Crippen LogP contribution in [-0.2, 0) is 9.59 Å². The van der Waals surface area contributed by atoms with Crippen LogP contribution in [0.4, 0.5) is 5.69 Å². The molecule has 0 aliphatic heterocycles. The number of carbonyl (C=O) groups is 2. The molecule has 4 atom stereocenters. The third-order valence-electron chi connectivity index (χ3n) is 4.62. The van der Waals surface area contributed by atoms with E-state index in [1.165, 1.54) is 0 Å². The Hall–Kier alpha value is -2.11. The van der Waals surface area contributed by atoms with Crippen LogP contribution in [0, 0.1) is 37.5 Å².